The van der Waals surface area contributed by atoms with Gasteiger partial charge in [0.25, 0.3) is 0 Å². The second kappa shape index (κ2) is 9.86. The van der Waals surface area contributed by atoms with E-state index in [0.29, 0.717) is 12.2 Å². The minimum atomic E-state index is 0.278. The zero-order valence-corrected chi connectivity index (χ0v) is 11.7. The maximum absolute atomic E-state index is 10.7. The molecule has 0 aliphatic heterocycles. The lowest BCUT2D eigenvalue weighted by atomic mass is 9.88. The number of ketones is 1. The van der Waals surface area contributed by atoms with Gasteiger partial charge < -0.3 is 0 Å². The summed E-state index contributed by atoms with van der Waals surface area (Å²) < 4.78 is 0. The molecule has 0 bridgehead atoms. The van der Waals surface area contributed by atoms with Crippen molar-refractivity contribution < 1.29 is 4.79 Å². The molecule has 0 aromatic heterocycles. The fourth-order valence-corrected chi connectivity index (χ4v) is 2.17. The Morgan fingerprint density at radius 1 is 1.12 bits per heavy atom. The van der Waals surface area contributed by atoms with Crippen LogP contribution < -0.4 is 0 Å². The summed E-state index contributed by atoms with van der Waals surface area (Å²) in [5, 5.41) is 0. The van der Waals surface area contributed by atoms with Crippen molar-refractivity contribution >= 4 is 5.78 Å². The number of Topliss-reactive ketones (excluding diaryl/α,β-unsaturated/α-hetero) is 1. The summed E-state index contributed by atoms with van der Waals surface area (Å²) in [4.78, 5) is 10.7. The van der Waals surface area contributed by atoms with Crippen LogP contribution in [0.5, 0.6) is 0 Å². The van der Waals surface area contributed by atoms with E-state index in [2.05, 4.69) is 6.92 Å². The summed E-state index contributed by atoms with van der Waals surface area (Å²) in [6.45, 7) is 8.24. The van der Waals surface area contributed by atoms with Gasteiger partial charge >= 0.3 is 0 Å². The third-order valence-corrected chi connectivity index (χ3v) is 3.81. The zero-order chi connectivity index (χ0) is 12.4. The molecule has 1 fully saturated rings. The van der Waals surface area contributed by atoms with Gasteiger partial charge in [0.05, 0.1) is 0 Å². The quantitative estimate of drug-likeness (QED) is 0.660. The van der Waals surface area contributed by atoms with E-state index in [-0.39, 0.29) is 5.92 Å². The van der Waals surface area contributed by atoms with Crippen molar-refractivity contribution in [2.45, 2.75) is 79.1 Å². The van der Waals surface area contributed by atoms with E-state index in [9.17, 15) is 4.79 Å². The van der Waals surface area contributed by atoms with Crippen LogP contribution in [-0.2, 0) is 4.79 Å². The molecule has 0 N–H and O–H groups in total. The highest BCUT2D eigenvalue weighted by Gasteiger charge is 2.09. The SMILES string of the molecule is CCC(=O)C(C)CC.CCC1CCCCC1. The van der Waals surface area contributed by atoms with Crippen LogP contribution in [0, 0.1) is 11.8 Å². The highest BCUT2D eigenvalue weighted by atomic mass is 16.1. The normalized spacial score (nSPS) is 18.5. The van der Waals surface area contributed by atoms with E-state index in [1.54, 1.807) is 0 Å². The second-order valence-corrected chi connectivity index (χ2v) is 5.04. The first-order chi connectivity index (χ1) is 7.65. The van der Waals surface area contributed by atoms with E-state index < -0.39 is 0 Å². The van der Waals surface area contributed by atoms with Crippen molar-refractivity contribution in [1.29, 1.82) is 0 Å². The predicted octanol–water partition coefficient (Wildman–Crippen LogP) is 4.99. The topological polar surface area (TPSA) is 17.1 Å². The molecule has 0 aromatic rings. The fourth-order valence-electron chi connectivity index (χ4n) is 2.17. The van der Waals surface area contributed by atoms with Gasteiger partial charge in [-0.05, 0) is 12.3 Å². The number of carbonyl (C=O) groups excluding carboxylic acids is 1. The number of hydrogen-bond donors (Lipinski definition) is 0. The highest BCUT2D eigenvalue weighted by molar-refractivity contribution is 5.80. The Morgan fingerprint density at radius 2 is 1.69 bits per heavy atom. The minimum Gasteiger partial charge on any atom is -0.299 e. The summed E-state index contributed by atoms with van der Waals surface area (Å²) in [5.74, 6) is 1.75. The molecule has 1 unspecified atom stereocenters. The lowest BCUT2D eigenvalue weighted by molar-refractivity contribution is -0.122. The summed E-state index contributed by atoms with van der Waals surface area (Å²) >= 11 is 0. The van der Waals surface area contributed by atoms with Crippen molar-refractivity contribution in [3.63, 3.8) is 0 Å². The van der Waals surface area contributed by atoms with Gasteiger partial charge in [-0.2, -0.15) is 0 Å². The summed E-state index contributed by atoms with van der Waals surface area (Å²) in [6.07, 6.45) is 10.6. The molecule has 16 heavy (non-hydrogen) atoms. The first-order valence-corrected chi connectivity index (χ1v) is 7.18. The van der Waals surface area contributed by atoms with Gasteiger partial charge in [0.2, 0.25) is 0 Å². The molecule has 1 nitrogen and oxygen atoms in total. The average molecular weight is 226 g/mol. The van der Waals surface area contributed by atoms with Gasteiger partial charge in [-0.1, -0.05) is 66.2 Å². The predicted molar refractivity (Wildman–Crippen MR) is 71.6 cm³/mol. The van der Waals surface area contributed by atoms with E-state index in [1.807, 2.05) is 20.8 Å². The van der Waals surface area contributed by atoms with E-state index in [1.165, 1.54) is 38.5 Å². The summed E-state index contributed by atoms with van der Waals surface area (Å²) in [5.41, 5.74) is 0. The molecule has 0 heterocycles. The van der Waals surface area contributed by atoms with Crippen LogP contribution in [-0.4, -0.2) is 5.78 Å². The molecular weight excluding hydrogens is 196 g/mol. The summed E-state index contributed by atoms with van der Waals surface area (Å²) in [6, 6.07) is 0. The van der Waals surface area contributed by atoms with Crippen LogP contribution in [0.15, 0.2) is 0 Å². The molecule has 1 aliphatic rings. The molecule has 1 aliphatic carbocycles. The molecule has 1 atom stereocenters. The molecule has 96 valence electrons. The third kappa shape index (κ3) is 7.03. The number of carbonyl (C=O) groups is 1. The maximum atomic E-state index is 10.7. The van der Waals surface area contributed by atoms with Crippen LogP contribution in [0.2, 0.25) is 0 Å². The van der Waals surface area contributed by atoms with Crippen molar-refractivity contribution in [2.75, 3.05) is 0 Å². The van der Waals surface area contributed by atoms with Gasteiger partial charge in [0.1, 0.15) is 5.78 Å². The molecule has 0 spiro atoms. The molecule has 1 rings (SSSR count). The van der Waals surface area contributed by atoms with Gasteiger partial charge in [-0.25, -0.2) is 0 Å². The Morgan fingerprint density at radius 3 is 1.94 bits per heavy atom. The Kier molecular flexibility index (Phi) is 9.66. The molecule has 0 saturated heterocycles. The van der Waals surface area contributed by atoms with Crippen LogP contribution in [0.3, 0.4) is 0 Å². The average Bonchev–Trinajstić information content (AvgIpc) is 2.38. The third-order valence-electron chi connectivity index (χ3n) is 3.81. The van der Waals surface area contributed by atoms with Crippen molar-refractivity contribution in [1.82, 2.24) is 0 Å². The highest BCUT2D eigenvalue weighted by Crippen LogP contribution is 2.25. The summed E-state index contributed by atoms with van der Waals surface area (Å²) in [7, 11) is 0. The Labute approximate surface area is 102 Å². The van der Waals surface area contributed by atoms with Gasteiger partial charge in [0, 0.05) is 12.3 Å². The van der Waals surface area contributed by atoms with Gasteiger partial charge in [-0.15, -0.1) is 0 Å². The van der Waals surface area contributed by atoms with Crippen molar-refractivity contribution in [2.24, 2.45) is 11.8 Å². The van der Waals surface area contributed by atoms with Gasteiger partial charge in [-0.3, -0.25) is 4.79 Å². The van der Waals surface area contributed by atoms with E-state index >= 15 is 0 Å². The Hall–Kier alpha value is -0.330. The molecule has 0 amide bonds. The lowest BCUT2D eigenvalue weighted by Gasteiger charge is -2.18. The molecular formula is C15H30O. The van der Waals surface area contributed by atoms with Gasteiger partial charge in [0.15, 0.2) is 0 Å². The van der Waals surface area contributed by atoms with Crippen molar-refractivity contribution in [3.05, 3.63) is 0 Å². The van der Waals surface area contributed by atoms with Crippen molar-refractivity contribution in [3.8, 4) is 0 Å². The molecule has 1 saturated carbocycles. The largest absolute Gasteiger partial charge is 0.299 e. The smallest absolute Gasteiger partial charge is 0.135 e. The first-order valence-electron chi connectivity index (χ1n) is 7.18. The first kappa shape index (κ1) is 15.7. The maximum Gasteiger partial charge on any atom is 0.135 e. The fraction of sp³-hybridized carbons (Fsp3) is 0.933. The Bertz CT molecular complexity index is 168. The van der Waals surface area contributed by atoms with Crippen LogP contribution in [0.25, 0.3) is 0 Å². The lowest BCUT2D eigenvalue weighted by Crippen LogP contribution is -2.06. The van der Waals surface area contributed by atoms with Crippen LogP contribution in [0.1, 0.15) is 79.1 Å². The second-order valence-electron chi connectivity index (χ2n) is 5.04. The Balaban J connectivity index is 0.000000281. The van der Waals surface area contributed by atoms with Crippen LogP contribution >= 0.6 is 0 Å². The zero-order valence-electron chi connectivity index (χ0n) is 11.7. The van der Waals surface area contributed by atoms with E-state index in [0.717, 1.165) is 12.3 Å². The monoisotopic (exact) mass is 226 g/mol. The standard InChI is InChI=1S/C8H16.C7H14O/c1-2-8-6-4-3-5-7-8;1-4-6(3)7(8)5-2/h8H,2-7H2,1H3;6H,4-5H2,1-3H3. The number of hydrogen-bond acceptors (Lipinski definition) is 1. The molecule has 1 heteroatoms. The minimum absolute atomic E-state index is 0.278. The molecule has 0 radical (unpaired) electrons. The van der Waals surface area contributed by atoms with Crippen LogP contribution in [0.4, 0.5) is 0 Å². The molecule has 0 aromatic carbocycles. The van der Waals surface area contributed by atoms with E-state index in [4.69, 9.17) is 0 Å². The number of rotatable bonds is 4.